The molecule has 184 valence electrons. The molecule has 3 N–H and O–H groups in total. The highest BCUT2D eigenvalue weighted by Gasteiger charge is 2.13. The minimum absolute atomic E-state index is 0.159. The molecule has 37 heavy (non-hydrogen) atoms. The van der Waals surface area contributed by atoms with Gasteiger partial charge in [0.05, 0.1) is 0 Å². The first kappa shape index (κ1) is 23.9. The summed E-state index contributed by atoms with van der Waals surface area (Å²) in [6.07, 6.45) is 0.697. The van der Waals surface area contributed by atoms with Crippen LogP contribution < -0.4 is 5.32 Å². The molecular formula is C32H28N2O3. The van der Waals surface area contributed by atoms with E-state index in [-0.39, 0.29) is 17.5 Å². The largest absolute Gasteiger partial charge is 0.508 e. The van der Waals surface area contributed by atoms with Crippen molar-refractivity contribution in [3.63, 3.8) is 0 Å². The lowest BCUT2D eigenvalue weighted by Gasteiger charge is -2.18. The molecule has 0 aliphatic carbocycles. The van der Waals surface area contributed by atoms with Crippen LogP contribution in [0.1, 0.15) is 16.7 Å². The lowest BCUT2D eigenvalue weighted by atomic mass is 9.90. The number of urea groups is 1. The maximum absolute atomic E-state index is 12.5. The molecule has 0 aromatic heterocycles. The van der Waals surface area contributed by atoms with Crippen molar-refractivity contribution in [1.82, 2.24) is 4.90 Å². The highest BCUT2D eigenvalue weighted by molar-refractivity contribution is 5.93. The van der Waals surface area contributed by atoms with Crippen molar-refractivity contribution in [3.8, 4) is 22.6 Å². The number of nitrogens with zero attached hydrogens (tertiary/aromatic N) is 1. The molecule has 5 heteroatoms. The zero-order valence-electron chi connectivity index (χ0n) is 20.6. The lowest BCUT2D eigenvalue weighted by molar-refractivity contribution is 0.220. The fourth-order valence-corrected chi connectivity index (χ4v) is 4.54. The van der Waals surface area contributed by atoms with Crippen molar-refractivity contribution in [2.75, 3.05) is 12.4 Å². The second-order valence-corrected chi connectivity index (χ2v) is 9.19. The number of anilines is 1. The van der Waals surface area contributed by atoms with Crippen LogP contribution in [0.2, 0.25) is 0 Å². The minimum Gasteiger partial charge on any atom is -0.508 e. The van der Waals surface area contributed by atoms with Crippen molar-refractivity contribution in [2.24, 2.45) is 0 Å². The van der Waals surface area contributed by atoms with Gasteiger partial charge in [0.25, 0.3) is 0 Å². The van der Waals surface area contributed by atoms with Crippen molar-refractivity contribution in [1.29, 1.82) is 0 Å². The van der Waals surface area contributed by atoms with E-state index >= 15 is 0 Å². The number of nitrogens with one attached hydrogen (secondary N) is 1. The van der Waals surface area contributed by atoms with E-state index < -0.39 is 0 Å². The zero-order chi connectivity index (χ0) is 25.8. The van der Waals surface area contributed by atoms with E-state index in [1.807, 2.05) is 54.6 Å². The highest BCUT2D eigenvalue weighted by Crippen LogP contribution is 2.34. The Kier molecular flexibility index (Phi) is 6.77. The fraction of sp³-hybridized carbons (Fsp3) is 0.0938. The lowest BCUT2D eigenvalue weighted by Crippen LogP contribution is -2.30. The first-order chi connectivity index (χ1) is 18.0. The van der Waals surface area contributed by atoms with Crippen LogP contribution in [-0.2, 0) is 13.0 Å². The van der Waals surface area contributed by atoms with Crippen LogP contribution >= 0.6 is 0 Å². The normalized spacial score (nSPS) is 10.8. The molecule has 0 aliphatic heterocycles. The van der Waals surface area contributed by atoms with Crippen molar-refractivity contribution in [2.45, 2.75) is 13.0 Å². The Balaban J connectivity index is 1.38. The topological polar surface area (TPSA) is 72.8 Å². The number of hydrogen-bond donors (Lipinski definition) is 3. The Morgan fingerprint density at radius 3 is 2.16 bits per heavy atom. The van der Waals surface area contributed by atoms with Gasteiger partial charge in [-0.15, -0.1) is 0 Å². The first-order valence-electron chi connectivity index (χ1n) is 12.2. The van der Waals surface area contributed by atoms with Crippen molar-refractivity contribution < 1.29 is 15.0 Å². The molecule has 0 unspecified atom stereocenters. The highest BCUT2D eigenvalue weighted by atomic mass is 16.3. The molecule has 0 saturated carbocycles. The summed E-state index contributed by atoms with van der Waals surface area (Å²) >= 11 is 0. The second-order valence-electron chi connectivity index (χ2n) is 9.19. The fourth-order valence-electron chi connectivity index (χ4n) is 4.54. The predicted octanol–water partition coefficient (Wildman–Crippen LogP) is 7.17. The molecule has 5 nitrogen and oxygen atoms in total. The Morgan fingerprint density at radius 1 is 0.757 bits per heavy atom. The van der Waals surface area contributed by atoms with Crippen molar-refractivity contribution in [3.05, 3.63) is 126 Å². The molecule has 0 atom stereocenters. The van der Waals surface area contributed by atoms with Gasteiger partial charge in [-0.1, -0.05) is 72.8 Å². The van der Waals surface area contributed by atoms with Crippen LogP contribution in [0.5, 0.6) is 11.5 Å². The average Bonchev–Trinajstić information content (AvgIpc) is 2.91. The van der Waals surface area contributed by atoms with Crippen LogP contribution in [0.3, 0.4) is 0 Å². The van der Waals surface area contributed by atoms with Gasteiger partial charge in [0.2, 0.25) is 0 Å². The molecule has 5 aromatic rings. The summed E-state index contributed by atoms with van der Waals surface area (Å²) in [6.45, 7) is 0.491. The van der Waals surface area contributed by atoms with E-state index in [0.717, 1.165) is 44.3 Å². The number of rotatable bonds is 6. The number of carbonyl (C=O) groups is 1. The van der Waals surface area contributed by atoms with E-state index in [0.29, 0.717) is 13.0 Å². The Bertz CT molecular complexity index is 1530. The van der Waals surface area contributed by atoms with Crippen LogP contribution in [0.4, 0.5) is 10.5 Å². The predicted molar refractivity (Wildman–Crippen MR) is 149 cm³/mol. The number of carbonyl (C=O) groups excluding carboxylic acids is 1. The number of hydrogen-bond acceptors (Lipinski definition) is 3. The Labute approximate surface area is 216 Å². The number of phenols is 2. The number of amides is 2. The average molecular weight is 489 g/mol. The smallest absolute Gasteiger partial charge is 0.321 e. The van der Waals surface area contributed by atoms with Gasteiger partial charge < -0.3 is 20.4 Å². The third-order valence-corrected chi connectivity index (χ3v) is 6.49. The molecule has 5 rings (SSSR count). The third-order valence-electron chi connectivity index (χ3n) is 6.49. The van der Waals surface area contributed by atoms with Gasteiger partial charge >= 0.3 is 6.03 Å². The molecule has 2 amide bonds. The molecule has 5 aromatic carbocycles. The van der Waals surface area contributed by atoms with Crippen LogP contribution in [0, 0.1) is 0 Å². The molecule has 0 saturated heterocycles. The van der Waals surface area contributed by atoms with E-state index in [2.05, 4.69) is 35.6 Å². The first-order valence-corrected chi connectivity index (χ1v) is 12.2. The third kappa shape index (κ3) is 5.57. The number of phenolic OH excluding ortho intramolecular Hbond substituents is 2. The summed E-state index contributed by atoms with van der Waals surface area (Å²) in [5.74, 6) is 0.467. The maximum atomic E-state index is 12.5. The van der Waals surface area contributed by atoms with Crippen LogP contribution in [0.25, 0.3) is 21.9 Å². The van der Waals surface area contributed by atoms with E-state index in [4.69, 9.17) is 0 Å². The van der Waals surface area contributed by atoms with Gasteiger partial charge in [-0.25, -0.2) is 4.79 Å². The van der Waals surface area contributed by atoms with Gasteiger partial charge in [-0.2, -0.15) is 0 Å². The van der Waals surface area contributed by atoms with Gasteiger partial charge in [-0.3, -0.25) is 0 Å². The van der Waals surface area contributed by atoms with Gasteiger partial charge in [0.15, 0.2) is 0 Å². The molecule has 0 bridgehead atoms. The standard InChI is InChI=1S/C32H28N2O3/c1-34(32(37)33-26-5-3-2-4-6-26)21-23-9-7-22(8-10-23)19-31-29(24-11-14-27(35)15-12-24)17-13-25-20-28(36)16-18-30(25)31/h2-18,20,35-36H,19,21H2,1H3,(H,33,37). The van der Waals surface area contributed by atoms with E-state index in [1.165, 1.54) is 0 Å². The van der Waals surface area contributed by atoms with Gasteiger partial charge in [-0.05, 0) is 81.4 Å². The maximum Gasteiger partial charge on any atom is 0.321 e. The quantitative estimate of drug-likeness (QED) is 0.237. The number of aromatic hydroxyl groups is 2. The number of para-hydroxylation sites is 1. The minimum atomic E-state index is -0.159. The summed E-state index contributed by atoms with van der Waals surface area (Å²) in [6, 6.07) is 34.3. The SMILES string of the molecule is CN(Cc1ccc(Cc2c(-c3ccc(O)cc3)ccc3cc(O)ccc23)cc1)C(=O)Nc1ccccc1. The summed E-state index contributed by atoms with van der Waals surface area (Å²) in [5.41, 5.74) is 6.19. The number of benzene rings is 5. The summed E-state index contributed by atoms with van der Waals surface area (Å²) in [4.78, 5) is 14.2. The molecular weight excluding hydrogens is 460 g/mol. The molecule has 0 heterocycles. The van der Waals surface area contributed by atoms with Crippen LogP contribution in [-0.4, -0.2) is 28.2 Å². The number of fused-ring (bicyclic) bond motifs is 1. The van der Waals surface area contributed by atoms with Crippen molar-refractivity contribution >= 4 is 22.5 Å². The molecule has 0 radical (unpaired) electrons. The second kappa shape index (κ2) is 10.5. The van der Waals surface area contributed by atoms with E-state index in [9.17, 15) is 15.0 Å². The molecule has 0 spiro atoms. The summed E-state index contributed by atoms with van der Waals surface area (Å²) < 4.78 is 0. The summed E-state index contributed by atoms with van der Waals surface area (Å²) in [7, 11) is 1.78. The molecule has 0 fully saturated rings. The van der Waals surface area contributed by atoms with Gasteiger partial charge in [0, 0.05) is 19.3 Å². The molecule has 0 aliphatic rings. The summed E-state index contributed by atoms with van der Waals surface area (Å²) in [5, 5.41) is 24.7. The monoisotopic (exact) mass is 488 g/mol. The Hall–Kier alpha value is -4.77. The Morgan fingerprint density at radius 2 is 1.43 bits per heavy atom. The van der Waals surface area contributed by atoms with Gasteiger partial charge in [0.1, 0.15) is 11.5 Å². The van der Waals surface area contributed by atoms with Crippen LogP contribution in [0.15, 0.2) is 109 Å². The van der Waals surface area contributed by atoms with E-state index in [1.54, 1.807) is 36.2 Å². The zero-order valence-corrected chi connectivity index (χ0v) is 20.6.